The maximum atomic E-state index is 13.3. The van der Waals surface area contributed by atoms with Gasteiger partial charge in [-0.15, -0.1) is 0 Å². The lowest BCUT2D eigenvalue weighted by atomic mass is 9.27. The Labute approximate surface area is 181 Å². The molecular formula is C25H28O6. The smallest absolute Gasteiger partial charge is 0.318 e. The van der Waals surface area contributed by atoms with Crippen LogP contribution in [0, 0.1) is 45.3 Å². The van der Waals surface area contributed by atoms with Gasteiger partial charge in [0.15, 0.2) is 0 Å². The van der Waals surface area contributed by atoms with Crippen molar-refractivity contribution in [3.05, 3.63) is 12.2 Å². The Hall–Kier alpha value is -1.82. The lowest BCUT2D eigenvalue weighted by Gasteiger charge is -2.72. The normalized spacial score (nSPS) is 60.0. The molecule has 0 N–H and O–H groups in total. The Morgan fingerprint density at radius 1 is 1.06 bits per heavy atom. The van der Waals surface area contributed by atoms with E-state index < -0.39 is 45.6 Å². The largest absolute Gasteiger partial charge is 0.393 e. The third-order valence-electron chi connectivity index (χ3n) is 11.4. The number of ketones is 2. The van der Waals surface area contributed by atoms with Crippen LogP contribution in [0.15, 0.2) is 12.2 Å². The summed E-state index contributed by atoms with van der Waals surface area (Å²) in [6.07, 6.45) is 8.11. The monoisotopic (exact) mass is 424 g/mol. The van der Waals surface area contributed by atoms with Gasteiger partial charge in [0.2, 0.25) is 0 Å². The Bertz CT molecular complexity index is 1040. The second-order valence-corrected chi connectivity index (χ2v) is 11.9. The van der Waals surface area contributed by atoms with Crippen LogP contribution in [-0.2, 0) is 28.7 Å². The van der Waals surface area contributed by atoms with Gasteiger partial charge < -0.3 is 9.47 Å². The van der Waals surface area contributed by atoms with Crippen LogP contribution in [0.4, 0.5) is 0 Å². The molecule has 2 bridgehead atoms. The van der Waals surface area contributed by atoms with E-state index in [4.69, 9.17) is 9.47 Å². The summed E-state index contributed by atoms with van der Waals surface area (Å²) in [5.41, 5.74) is -2.61. The topological polar surface area (TPSA) is 90.0 Å². The number of hydrogen-bond acceptors (Lipinski definition) is 6. The fraction of sp³-hybridized carbons (Fsp3) is 0.760. The molecule has 0 amide bonds. The molecule has 2 saturated heterocycles. The summed E-state index contributed by atoms with van der Waals surface area (Å²) in [4.78, 5) is 51.8. The van der Waals surface area contributed by atoms with Crippen LogP contribution in [-0.4, -0.2) is 35.2 Å². The maximum absolute atomic E-state index is 13.3. The van der Waals surface area contributed by atoms with Crippen LogP contribution < -0.4 is 0 Å². The molecule has 0 radical (unpaired) electrons. The molecule has 4 saturated carbocycles. The summed E-state index contributed by atoms with van der Waals surface area (Å²) in [7, 11) is 0. The molecule has 10 atom stereocenters. The van der Waals surface area contributed by atoms with Gasteiger partial charge in [-0.05, 0) is 43.9 Å². The van der Waals surface area contributed by atoms with E-state index in [0.717, 1.165) is 19.3 Å². The zero-order valence-corrected chi connectivity index (χ0v) is 18.2. The molecule has 6 fully saturated rings. The lowest BCUT2D eigenvalue weighted by Crippen LogP contribution is -2.77. The minimum Gasteiger partial charge on any atom is -0.393 e. The first-order valence-electron chi connectivity index (χ1n) is 11.7. The minimum atomic E-state index is -0.723. The summed E-state index contributed by atoms with van der Waals surface area (Å²) in [6.45, 7) is 6.08. The van der Waals surface area contributed by atoms with Crippen molar-refractivity contribution in [1.82, 2.24) is 0 Å². The quantitative estimate of drug-likeness (QED) is 0.278. The van der Waals surface area contributed by atoms with Gasteiger partial charge in [0.25, 0.3) is 0 Å². The van der Waals surface area contributed by atoms with Crippen LogP contribution in [0.25, 0.3) is 0 Å². The van der Waals surface area contributed by atoms with Crippen LogP contribution in [0.1, 0.15) is 59.3 Å². The molecule has 2 heterocycles. The zero-order chi connectivity index (χ0) is 21.8. The van der Waals surface area contributed by atoms with E-state index in [9.17, 15) is 19.2 Å². The first-order valence-corrected chi connectivity index (χ1v) is 11.7. The van der Waals surface area contributed by atoms with Crippen LogP contribution in [0.2, 0.25) is 0 Å². The van der Waals surface area contributed by atoms with Gasteiger partial charge in [0, 0.05) is 35.0 Å². The number of fused-ring (bicyclic) bond motifs is 1. The van der Waals surface area contributed by atoms with Gasteiger partial charge in [-0.2, -0.15) is 0 Å². The average molecular weight is 424 g/mol. The molecule has 6 heteroatoms. The minimum absolute atomic E-state index is 0.0524. The fourth-order valence-electron chi connectivity index (χ4n) is 10.5. The second-order valence-electron chi connectivity index (χ2n) is 11.9. The van der Waals surface area contributed by atoms with Crippen molar-refractivity contribution in [3.63, 3.8) is 0 Å². The Kier molecular flexibility index (Phi) is 2.96. The number of carbonyl (C=O) groups is 4. The van der Waals surface area contributed by atoms with Crippen molar-refractivity contribution in [2.24, 2.45) is 45.3 Å². The van der Waals surface area contributed by atoms with Crippen molar-refractivity contribution in [2.45, 2.75) is 71.0 Å². The van der Waals surface area contributed by atoms with Crippen molar-refractivity contribution in [2.75, 3.05) is 0 Å². The molecule has 6 aliphatic carbocycles. The summed E-state index contributed by atoms with van der Waals surface area (Å²) in [5.74, 6) is -1.81. The van der Waals surface area contributed by atoms with Gasteiger partial charge in [-0.1, -0.05) is 26.0 Å². The second kappa shape index (κ2) is 4.90. The number of hydrogen-bond donors (Lipinski definition) is 0. The van der Waals surface area contributed by atoms with Crippen molar-refractivity contribution < 1.29 is 28.7 Å². The molecular weight excluding hydrogens is 396 g/mol. The third kappa shape index (κ3) is 1.53. The Morgan fingerprint density at radius 3 is 2.55 bits per heavy atom. The fourth-order valence-corrected chi connectivity index (χ4v) is 10.5. The molecule has 0 aromatic heterocycles. The highest BCUT2D eigenvalue weighted by molar-refractivity contribution is 6.00. The third-order valence-corrected chi connectivity index (χ3v) is 11.4. The maximum Gasteiger partial charge on any atom is 0.318 e. The number of allylic oxidation sites excluding steroid dienone is 1. The molecule has 0 unspecified atom stereocenters. The zero-order valence-electron chi connectivity index (χ0n) is 18.2. The first-order chi connectivity index (χ1) is 14.6. The van der Waals surface area contributed by atoms with Crippen molar-refractivity contribution >= 4 is 23.5 Å². The summed E-state index contributed by atoms with van der Waals surface area (Å²) < 4.78 is 12.0. The number of carbonyl (C=O) groups excluding carboxylic acids is 4. The highest BCUT2D eigenvalue weighted by Crippen LogP contribution is 2.88. The van der Waals surface area contributed by atoms with Crippen LogP contribution in [0.3, 0.4) is 0 Å². The predicted molar refractivity (Wildman–Crippen MR) is 106 cm³/mol. The van der Waals surface area contributed by atoms with E-state index >= 15 is 0 Å². The Balaban J connectivity index is 1.54. The van der Waals surface area contributed by atoms with Gasteiger partial charge >= 0.3 is 11.9 Å². The summed E-state index contributed by atoms with van der Waals surface area (Å²) in [5, 5.41) is 0. The van der Waals surface area contributed by atoms with Crippen LogP contribution in [0.5, 0.6) is 0 Å². The van der Waals surface area contributed by atoms with Gasteiger partial charge in [0.1, 0.15) is 17.2 Å². The van der Waals surface area contributed by atoms with Gasteiger partial charge in [-0.3, -0.25) is 19.2 Å². The molecule has 31 heavy (non-hydrogen) atoms. The summed E-state index contributed by atoms with van der Waals surface area (Å²) in [6, 6.07) is 0. The van der Waals surface area contributed by atoms with E-state index in [-0.39, 0.29) is 41.3 Å². The first kappa shape index (κ1) is 18.7. The van der Waals surface area contributed by atoms with E-state index in [0.29, 0.717) is 12.8 Å². The number of ether oxygens (including phenoxy) is 2. The predicted octanol–water partition coefficient (Wildman–Crippen LogP) is 2.78. The van der Waals surface area contributed by atoms with E-state index in [2.05, 4.69) is 26.0 Å². The van der Waals surface area contributed by atoms with Gasteiger partial charge in [0.05, 0.1) is 17.9 Å². The highest BCUT2D eigenvalue weighted by Gasteiger charge is 2.94. The molecule has 8 aliphatic rings. The molecule has 0 aromatic carbocycles. The van der Waals surface area contributed by atoms with Gasteiger partial charge in [-0.25, -0.2) is 0 Å². The van der Waals surface area contributed by atoms with Crippen LogP contribution >= 0.6 is 0 Å². The Morgan fingerprint density at radius 2 is 1.81 bits per heavy atom. The number of esters is 2. The number of cyclic esters (lactones) is 2. The standard InChI is InChI=1S/C25H28O6/c1-12(26)14-4-5-15-21(14,2)11-16-25(31-16)22(3)7-6-13(27)10-23(22)8-9-24(15,25)18-17(23)19(28)30-20(18)29/h8-9,14-18H,4-7,10-11H2,1-3H3/t14-,15-,16-,17-,18-,21-,22+,23+,24-,25+/m1/s1. The van der Waals surface area contributed by atoms with Crippen molar-refractivity contribution in [1.29, 1.82) is 0 Å². The molecule has 6 nitrogen and oxygen atoms in total. The molecule has 2 aliphatic heterocycles. The molecule has 8 rings (SSSR count). The molecule has 164 valence electrons. The number of rotatable bonds is 1. The lowest BCUT2D eigenvalue weighted by molar-refractivity contribution is -0.225. The SMILES string of the molecule is CC(=O)[C@H]1CC[C@@H]2[C@]1(C)C[C@H]1O[C@@]13[C@]21C=C[C@]2(CC(=O)CC[C@]32C)[C@H]2C(=O)OC(=O)[C@@H]21. The highest BCUT2D eigenvalue weighted by atomic mass is 16.6. The average Bonchev–Trinajstić information content (AvgIpc) is 3.18. The molecule has 0 aromatic rings. The number of Topliss-reactive ketones (excluding diaryl/α,β-unsaturated/α-hetero) is 2. The van der Waals surface area contributed by atoms with E-state index in [1.165, 1.54) is 0 Å². The van der Waals surface area contributed by atoms with E-state index in [1.54, 1.807) is 6.92 Å². The number of epoxide rings is 1. The van der Waals surface area contributed by atoms with E-state index in [1.807, 2.05) is 0 Å². The summed E-state index contributed by atoms with van der Waals surface area (Å²) >= 11 is 0. The molecule has 3 spiro atoms. The van der Waals surface area contributed by atoms with Crippen molar-refractivity contribution in [3.8, 4) is 0 Å².